The number of ether oxygens (including phenoxy) is 3. The maximum Gasteiger partial charge on any atom is 0.310 e. The number of benzene rings is 2. The maximum absolute atomic E-state index is 12.0. The normalized spacial score (nSPS) is 11.2. The maximum atomic E-state index is 12.0. The van der Waals surface area contributed by atoms with Crippen molar-refractivity contribution in [1.82, 2.24) is 4.48 Å². The highest BCUT2D eigenvalue weighted by Crippen LogP contribution is 2.19. The summed E-state index contributed by atoms with van der Waals surface area (Å²) in [5.41, 5.74) is 2.19. The van der Waals surface area contributed by atoms with E-state index in [-0.39, 0.29) is 11.9 Å². The average Bonchev–Trinajstić information content (AvgIpc) is 2.75. The summed E-state index contributed by atoms with van der Waals surface area (Å²) in [6.07, 6.45) is 6.65. The van der Waals surface area contributed by atoms with Crippen molar-refractivity contribution in [2.24, 2.45) is 0 Å². The third-order valence-corrected chi connectivity index (χ3v) is 5.22. The number of hydrogen-bond donors (Lipinski definition) is 0. The molecule has 0 N–H and O–H groups in total. The second-order valence-corrected chi connectivity index (χ2v) is 9.11. The highest BCUT2D eigenvalue weighted by atomic mass is 16.5. The smallest absolute Gasteiger partial charge is 0.310 e. The van der Waals surface area contributed by atoms with Gasteiger partial charge in [-0.3, -0.25) is 14.1 Å². The molecule has 0 bridgehead atoms. The molecule has 2 aromatic carbocycles. The van der Waals surface area contributed by atoms with E-state index in [2.05, 4.69) is 33.3 Å². The molecular formula is C27H38NO5+. The molecule has 0 fully saturated rings. The van der Waals surface area contributed by atoms with Gasteiger partial charge in [-0.05, 0) is 54.8 Å². The molecule has 6 nitrogen and oxygen atoms in total. The van der Waals surface area contributed by atoms with Crippen molar-refractivity contribution in [1.29, 1.82) is 0 Å². The first-order chi connectivity index (χ1) is 15.7. The summed E-state index contributed by atoms with van der Waals surface area (Å²) in [5, 5.41) is 0. The van der Waals surface area contributed by atoms with Gasteiger partial charge in [-0.1, -0.05) is 37.8 Å². The van der Waals surface area contributed by atoms with Crippen molar-refractivity contribution in [3.63, 3.8) is 0 Å². The van der Waals surface area contributed by atoms with Crippen molar-refractivity contribution in [3.05, 3.63) is 54.1 Å². The number of carbonyl (C=O) groups is 2. The summed E-state index contributed by atoms with van der Waals surface area (Å²) >= 11 is 0. The van der Waals surface area contributed by atoms with Crippen LogP contribution in [0.1, 0.15) is 51.0 Å². The van der Waals surface area contributed by atoms with Crippen LogP contribution in [0, 0.1) is 0 Å². The molecule has 0 aromatic heterocycles. The van der Waals surface area contributed by atoms with Crippen LogP contribution in [0.5, 0.6) is 11.5 Å². The number of nitrogens with zero attached hydrogens (tertiary/aromatic N) is 1. The second kappa shape index (κ2) is 13.6. The molecule has 6 heteroatoms. The Balaban J connectivity index is 1.46. The van der Waals surface area contributed by atoms with Crippen LogP contribution in [0.3, 0.4) is 0 Å². The molecule has 33 heavy (non-hydrogen) atoms. The van der Waals surface area contributed by atoms with E-state index in [0.29, 0.717) is 25.4 Å². The molecule has 0 heterocycles. The van der Waals surface area contributed by atoms with E-state index in [9.17, 15) is 9.59 Å². The molecule has 0 aliphatic carbocycles. The van der Waals surface area contributed by atoms with Crippen LogP contribution in [0.25, 0.3) is 0 Å². The molecule has 0 spiro atoms. The van der Waals surface area contributed by atoms with Gasteiger partial charge in [0.2, 0.25) is 0 Å². The third-order valence-electron chi connectivity index (χ3n) is 5.22. The Morgan fingerprint density at radius 3 is 1.85 bits per heavy atom. The van der Waals surface area contributed by atoms with E-state index < -0.39 is 0 Å². The Hall–Kier alpha value is -2.86. The minimum absolute atomic E-state index is 0.161. The van der Waals surface area contributed by atoms with Crippen molar-refractivity contribution in [3.8, 4) is 11.5 Å². The fourth-order valence-electron chi connectivity index (χ4n) is 3.34. The Labute approximate surface area is 198 Å². The SMILES string of the molecule is CC(=O)Oc1ccc(OCCCCCCCCOC(=O)Cc2ccc([N+](C)(C)C)cc2)cc1. The molecule has 0 aliphatic rings. The Morgan fingerprint density at radius 2 is 1.27 bits per heavy atom. The average molecular weight is 457 g/mol. The largest absolute Gasteiger partial charge is 0.494 e. The lowest BCUT2D eigenvalue weighted by atomic mass is 10.1. The first kappa shape index (κ1) is 26.4. The minimum Gasteiger partial charge on any atom is -0.494 e. The van der Waals surface area contributed by atoms with Gasteiger partial charge in [0, 0.05) is 6.92 Å². The monoisotopic (exact) mass is 456 g/mol. The highest BCUT2D eigenvalue weighted by Gasteiger charge is 2.12. The predicted molar refractivity (Wildman–Crippen MR) is 132 cm³/mol. The summed E-state index contributed by atoms with van der Waals surface area (Å²) in [5.74, 6) is 0.806. The lowest BCUT2D eigenvalue weighted by molar-refractivity contribution is -0.143. The summed E-state index contributed by atoms with van der Waals surface area (Å²) in [6, 6.07) is 15.2. The molecule has 0 radical (unpaired) electrons. The Kier molecular flexibility index (Phi) is 10.9. The number of esters is 2. The zero-order valence-electron chi connectivity index (χ0n) is 20.5. The van der Waals surface area contributed by atoms with Crippen LogP contribution in [-0.2, 0) is 20.7 Å². The van der Waals surface area contributed by atoms with Crippen molar-refractivity contribution in [2.45, 2.75) is 51.9 Å². The van der Waals surface area contributed by atoms with Crippen LogP contribution in [0.15, 0.2) is 48.5 Å². The summed E-state index contributed by atoms with van der Waals surface area (Å²) in [6.45, 7) is 2.53. The van der Waals surface area contributed by atoms with E-state index >= 15 is 0 Å². The lowest BCUT2D eigenvalue weighted by Gasteiger charge is -2.23. The standard InChI is InChI=1S/C27H38NO5/c1-22(29)33-26-17-15-25(16-18-26)31-19-9-7-5-6-8-10-20-32-27(30)21-23-11-13-24(14-12-23)28(2,3)4/h11-18H,5-10,19-21H2,1-4H3/q+1. The molecule has 180 valence electrons. The van der Waals surface area contributed by atoms with Gasteiger partial charge in [0.15, 0.2) is 0 Å². The van der Waals surface area contributed by atoms with Gasteiger partial charge in [-0.15, -0.1) is 0 Å². The first-order valence-electron chi connectivity index (χ1n) is 11.7. The molecule has 0 saturated heterocycles. The zero-order valence-corrected chi connectivity index (χ0v) is 20.5. The molecule has 2 aromatic rings. The molecule has 2 rings (SSSR count). The fraction of sp³-hybridized carbons (Fsp3) is 0.481. The van der Waals surface area contributed by atoms with Gasteiger partial charge < -0.3 is 14.2 Å². The van der Waals surface area contributed by atoms with Crippen LogP contribution >= 0.6 is 0 Å². The molecule has 0 amide bonds. The van der Waals surface area contributed by atoms with Crippen molar-refractivity contribution in [2.75, 3.05) is 34.4 Å². The van der Waals surface area contributed by atoms with E-state index in [1.165, 1.54) is 12.6 Å². The van der Waals surface area contributed by atoms with Gasteiger partial charge >= 0.3 is 11.9 Å². The van der Waals surface area contributed by atoms with Gasteiger partial charge in [-0.2, -0.15) is 0 Å². The Morgan fingerprint density at radius 1 is 0.727 bits per heavy atom. The van der Waals surface area contributed by atoms with E-state index in [1.807, 2.05) is 12.1 Å². The van der Waals surface area contributed by atoms with Gasteiger partial charge in [0.1, 0.15) is 17.2 Å². The number of quaternary nitrogens is 1. The first-order valence-corrected chi connectivity index (χ1v) is 11.7. The van der Waals surface area contributed by atoms with Crippen LogP contribution in [0.2, 0.25) is 0 Å². The van der Waals surface area contributed by atoms with E-state index in [4.69, 9.17) is 14.2 Å². The van der Waals surface area contributed by atoms with Gasteiger partial charge in [0.05, 0.1) is 40.8 Å². The Bertz CT molecular complexity index is 854. The summed E-state index contributed by atoms with van der Waals surface area (Å²) < 4.78 is 16.8. The molecule has 0 aliphatic heterocycles. The lowest BCUT2D eigenvalue weighted by Crippen LogP contribution is -2.34. The van der Waals surface area contributed by atoms with Crippen LogP contribution in [0.4, 0.5) is 5.69 Å². The quantitative estimate of drug-likeness (QED) is 0.167. The number of carbonyl (C=O) groups excluding carboxylic acids is 2. The molecule has 0 unspecified atom stereocenters. The van der Waals surface area contributed by atoms with Crippen molar-refractivity contribution < 1.29 is 23.8 Å². The van der Waals surface area contributed by atoms with Crippen LogP contribution < -0.4 is 14.0 Å². The van der Waals surface area contributed by atoms with E-state index in [1.54, 1.807) is 24.3 Å². The number of unbranched alkanes of at least 4 members (excludes halogenated alkanes) is 5. The predicted octanol–water partition coefficient (Wildman–Crippen LogP) is 5.31. The molecule has 0 atom stereocenters. The molecular weight excluding hydrogens is 418 g/mol. The highest BCUT2D eigenvalue weighted by molar-refractivity contribution is 5.72. The van der Waals surface area contributed by atoms with E-state index in [0.717, 1.165) is 54.3 Å². The third kappa shape index (κ3) is 11.0. The zero-order chi connectivity index (χ0) is 24.1. The van der Waals surface area contributed by atoms with Gasteiger partial charge in [-0.25, -0.2) is 0 Å². The number of rotatable bonds is 14. The fourth-order valence-corrected chi connectivity index (χ4v) is 3.34. The van der Waals surface area contributed by atoms with Crippen LogP contribution in [-0.4, -0.2) is 46.3 Å². The number of hydrogen-bond acceptors (Lipinski definition) is 5. The summed E-state index contributed by atoms with van der Waals surface area (Å²) in [4.78, 5) is 22.9. The van der Waals surface area contributed by atoms with Gasteiger partial charge in [0.25, 0.3) is 0 Å². The second-order valence-electron chi connectivity index (χ2n) is 9.11. The van der Waals surface area contributed by atoms with Crippen molar-refractivity contribution >= 4 is 17.6 Å². The molecule has 0 saturated carbocycles. The minimum atomic E-state index is -0.330. The topological polar surface area (TPSA) is 61.8 Å². The summed E-state index contributed by atoms with van der Waals surface area (Å²) in [7, 11) is 6.35.